The predicted octanol–water partition coefficient (Wildman–Crippen LogP) is 3.32. The van der Waals surface area contributed by atoms with Gasteiger partial charge in [0.1, 0.15) is 0 Å². The van der Waals surface area contributed by atoms with Crippen LogP contribution in [0.15, 0.2) is 42.5 Å². The first-order valence-electron chi connectivity index (χ1n) is 7.38. The van der Waals surface area contributed by atoms with Gasteiger partial charge in [-0.2, -0.15) is 0 Å². The molecular formula is C18H20N2O. The SMILES string of the molecule is Cc1c(N)cccc1NC(=O)C1CCc2ccccc2C1. The van der Waals surface area contributed by atoms with E-state index in [0.29, 0.717) is 5.69 Å². The summed E-state index contributed by atoms with van der Waals surface area (Å²) in [6.45, 7) is 1.93. The molecule has 0 radical (unpaired) electrons. The minimum Gasteiger partial charge on any atom is -0.398 e. The average Bonchev–Trinajstić information content (AvgIpc) is 2.51. The Morgan fingerprint density at radius 1 is 1.14 bits per heavy atom. The number of nitrogens with two attached hydrogens (primary N) is 1. The van der Waals surface area contributed by atoms with E-state index in [-0.39, 0.29) is 11.8 Å². The first-order valence-corrected chi connectivity index (χ1v) is 7.38. The van der Waals surface area contributed by atoms with Crippen molar-refractivity contribution in [3.63, 3.8) is 0 Å². The molecule has 2 aromatic carbocycles. The fourth-order valence-electron chi connectivity index (χ4n) is 2.95. The summed E-state index contributed by atoms with van der Waals surface area (Å²) in [5.41, 5.74) is 11.0. The Morgan fingerprint density at radius 2 is 1.90 bits per heavy atom. The number of fused-ring (bicyclic) bond motifs is 1. The number of nitrogen functional groups attached to an aromatic ring is 1. The number of aryl methyl sites for hydroxylation is 1. The molecule has 21 heavy (non-hydrogen) atoms. The van der Waals surface area contributed by atoms with Gasteiger partial charge in [-0.1, -0.05) is 30.3 Å². The van der Waals surface area contributed by atoms with Crippen molar-refractivity contribution >= 4 is 17.3 Å². The van der Waals surface area contributed by atoms with E-state index >= 15 is 0 Å². The summed E-state index contributed by atoms with van der Waals surface area (Å²) < 4.78 is 0. The quantitative estimate of drug-likeness (QED) is 0.829. The van der Waals surface area contributed by atoms with E-state index in [9.17, 15) is 4.79 Å². The van der Waals surface area contributed by atoms with Crippen molar-refractivity contribution in [3.05, 3.63) is 59.2 Å². The van der Waals surface area contributed by atoms with Crippen LogP contribution in [0.3, 0.4) is 0 Å². The summed E-state index contributed by atoms with van der Waals surface area (Å²) in [7, 11) is 0. The Labute approximate surface area is 125 Å². The van der Waals surface area contributed by atoms with Crippen molar-refractivity contribution in [2.45, 2.75) is 26.2 Å². The maximum Gasteiger partial charge on any atom is 0.227 e. The standard InChI is InChI=1S/C18H20N2O/c1-12-16(19)7-4-8-17(12)20-18(21)15-10-9-13-5-2-3-6-14(13)11-15/h2-8,15H,9-11,19H2,1H3,(H,20,21). The number of carbonyl (C=O) groups is 1. The van der Waals surface area contributed by atoms with Crippen LogP contribution in [0.25, 0.3) is 0 Å². The third-order valence-electron chi connectivity index (χ3n) is 4.35. The van der Waals surface area contributed by atoms with E-state index in [2.05, 4.69) is 23.5 Å². The predicted molar refractivity (Wildman–Crippen MR) is 86.2 cm³/mol. The Balaban J connectivity index is 1.74. The van der Waals surface area contributed by atoms with Crippen LogP contribution in [0.5, 0.6) is 0 Å². The van der Waals surface area contributed by atoms with Crippen LogP contribution in [-0.2, 0) is 17.6 Å². The summed E-state index contributed by atoms with van der Waals surface area (Å²) in [6.07, 6.45) is 2.71. The van der Waals surface area contributed by atoms with E-state index in [0.717, 1.165) is 30.5 Å². The third-order valence-corrected chi connectivity index (χ3v) is 4.35. The van der Waals surface area contributed by atoms with Crippen molar-refractivity contribution in [1.29, 1.82) is 0 Å². The van der Waals surface area contributed by atoms with E-state index < -0.39 is 0 Å². The summed E-state index contributed by atoms with van der Waals surface area (Å²) in [4.78, 5) is 12.5. The fraction of sp³-hybridized carbons (Fsp3) is 0.278. The van der Waals surface area contributed by atoms with Gasteiger partial charge in [-0.25, -0.2) is 0 Å². The summed E-state index contributed by atoms with van der Waals surface area (Å²) >= 11 is 0. The maximum atomic E-state index is 12.5. The summed E-state index contributed by atoms with van der Waals surface area (Å²) in [5.74, 6) is 0.138. The number of carbonyl (C=O) groups excluding carboxylic acids is 1. The lowest BCUT2D eigenvalue weighted by molar-refractivity contribution is -0.120. The van der Waals surface area contributed by atoms with Crippen molar-refractivity contribution in [3.8, 4) is 0 Å². The highest BCUT2D eigenvalue weighted by atomic mass is 16.1. The molecule has 1 aliphatic rings. The topological polar surface area (TPSA) is 55.1 Å². The molecule has 0 spiro atoms. The van der Waals surface area contributed by atoms with Crippen LogP contribution in [0.4, 0.5) is 11.4 Å². The van der Waals surface area contributed by atoms with Gasteiger partial charge in [-0.05, 0) is 55.0 Å². The molecule has 0 fully saturated rings. The lowest BCUT2D eigenvalue weighted by atomic mass is 9.83. The van der Waals surface area contributed by atoms with Gasteiger partial charge in [0.25, 0.3) is 0 Å². The fourth-order valence-corrected chi connectivity index (χ4v) is 2.95. The highest BCUT2D eigenvalue weighted by Crippen LogP contribution is 2.27. The van der Waals surface area contributed by atoms with E-state index in [1.807, 2.05) is 31.2 Å². The normalized spacial score (nSPS) is 17.1. The van der Waals surface area contributed by atoms with Crippen LogP contribution in [0, 0.1) is 12.8 Å². The van der Waals surface area contributed by atoms with E-state index in [1.54, 1.807) is 0 Å². The zero-order chi connectivity index (χ0) is 14.8. The number of rotatable bonds is 2. The second kappa shape index (κ2) is 5.60. The second-order valence-corrected chi connectivity index (χ2v) is 5.72. The number of amides is 1. The maximum absolute atomic E-state index is 12.5. The number of anilines is 2. The summed E-state index contributed by atoms with van der Waals surface area (Å²) in [5, 5.41) is 3.03. The minimum atomic E-state index is 0.0423. The molecule has 0 aliphatic heterocycles. The van der Waals surface area contributed by atoms with Gasteiger partial charge in [0.2, 0.25) is 5.91 Å². The molecule has 2 aromatic rings. The Kier molecular flexibility index (Phi) is 3.65. The van der Waals surface area contributed by atoms with Crippen LogP contribution < -0.4 is 11.1 Å². The molecule has 0 saturated carbocycles. The van der Waals surface area contributed by atoms with Gasteiger partial charge in [0.15, 0.2) is 0 Å². The van der Waals surface area contributed by atoms with E-state index in [4.69, 9.17) is 5.73 Å². The lowest BCUT2D eigenvalue weighted by Crippen LogP contribution is -2.28. The number of hydrogen-bond acceptors (Lipinski definition) is 2. The molecule has 0 aromatic heterocycles. The summed E-state index contributed by atoms with van der Waals surface area (Å²) in [6, 6.07) is 14.0. The first-order chi connectivity index (χ1) is 10.1. The van der Waals surface area contributed by atoms with Gasteiger partial charge in [-0.15, -0.1) is 0 Å². The van der Waals surface area contributed by atoms with E-state index in [1.165, 1.54) is 11.1 Å². The number of hydrogen-bond donors (Lipinski definition) is 2. The molecule has 108 valence electrons. The van der Waals surface area contributed by atoms with Crippen molar-refractivity contribution in [2.24, 2.45) is 5.92 Å². The van der Waals surface area contributed by atoms with Crippen molar-refractivity contribution in [1.82, 2.24) is 0 Å². The smallest absolute Gasteiger partial charge is 0.227 e. The van der Waals surface area contributed by atoms with Gasteiger partial charge in [0, 0.05) is 17.3 Å². The largest absolute Gasteiger partial charge is 0.398 e. The van der Waals surface area contributed by atoms with Gasteiger partial charge in [0.05, 0.1) is 0 Å². The first kappa shape index (κ1) is 13.7. The van der Waals surface area contributed by atoms with Crippen LogP contribution in [0.1, 0.15) is 23.1 Å². The molecule has 0 heterocycles. The molecule has 3 N–H and O–H groups in total. The Bertz CT molecular complexity index is 679. The van der Waals surface area contributed by atoms with Crippen LogP contribution >= 0.6 is 0 Å². The molecular weight excluding hydrogens is 260 g/mol. The molecule has 3 rings (SSSR count). The Hall–Kier alpha value is -2.29. The Morgan fingerprint density at radius 3 is 2.71 bits per heavy atom. The minimum absolute atomic E-state index is 0.0423. The highest BCUT2D eigenvalue weighted by molar-refractivity contribution is 5.94. The zero-order valence-electron chi connectivity index (χ0n) is 12.2. The van der Waals surface area contributed by atoms with Gasteiger partial charge in [-0.3, -0.25) is 4.79 Å². The monoisotopic (exact) mass is 280 g/mol. The van der Waals surface area contributed by atoms with Crippen LogP contribution in [0.2, 0.25) is 0 Å². The lowest BCUT2D eigenvalue weighted by Gasteiger charge is -2.24. The molecule has 1 unspecified atom stereocenters. The van der Waals surface area contributed by atoms with Crippen molar-refractivity contribution in [2.75, 3.05) is 11.1 Å². The molecule has 1 aliphatic carbocycles. The van der Waals surface area contributed by atoms with Gasteiger partial charge >= 0.3 is 0 Å². The molecule has 3 heteroatoms. The van der Waals surface area contributed by atoms with Crippen LogP contribution in [-0.4, -0.2) is 5.91 Å². The molecule has 0 saturated heterocycles. The second-order valence-electron chi connectivity index (χ2n) is 5.72. The molecule has 1 amide bonds. The molecule has 1 atom stereocenters. The zero-order valence-corrected chi connectivity index (χ0v) is 12.2. The van der Waals surface area contributed by atoms with Gasteiger partial charge < -0.3 is 11.1 Å². The number of benzene rings is 2. The molecule has 3 nitrogen and oxygen atoms in total. The number of nitrogens with one attached hydrogen (secondary N) is 1. The molecule has 0 bridgehead atoms. The third kappa shape index (κ3) is 2.77. The van der Waals surface area contributed by atoms with Crippen molar-refractivity contribution < 1.29 is 4.79 Å². The average molecular weight is 280 g/mol. The highest BCUT2D eigenvalue weighted by Gasteiger charge is 2.24.